The molecule has 0 radical (unpaired) electrons. The van der Waals surface area contributed by atoms with Gasteiger partial charge in [-0.1, -0.05) is 24.3 Å². The van der Waals surface area contributed by atoms with Crippen LogP contribution in [0.1, 0.15) is 11.1 Å². The maximum absolute atomic E-state index is 11.9. The van der Waals surface area contributed by atoms with E-state index in [4.69, 9.17) is 4.74 Å². The van der Waals surface area contributed by atoms with Crippen LogP contribution in [0.25, 0.3) is 11.6 Å². The van der Waals surface area contributed by atoms with Crippen LogP contribution < -0.4 is 0 Å². The van der Waals surface area contributed by atoms with E-state index in [-0.39, 0.29) is 28.6 Å². The quantitative estimate of drug-likeness (QED) is 0.742. The van der Waals surface area contributed by atoms with E-state index >= 15 is 0 Å². The Morgan fingerprint density at radius 2 is 1.36 bits per heavy atom. The van der Waals surface area contributed by atoms with Crippen molar-refractivity contribution in [3.8, 4) is 11.5 Å². The number of benzene rings is 2. The van der Waals surface area contributed by atoms with E-state index in [1.54, 1.807) is 12.1 Å². The zero-order valence-corrected chi connectivity index (χ0v) is 11.4. The first-order chi connectivity index (χ1) is 10.5. The summed E-state index contributed by atoms with van der Waals surface area (Å²) >= 11 is 0. The van der Waals surface area contributed by atoms with Crippen molar-refractivity contribution in [1.29, 1.82) is 0 Å². The second-order valence-electron chi connectivity index (χ2n) is 4.76. The summed E-state index contributed by atoms with van der Waals surface area (Å²) in [5.74, 6) is -0.694. The third-order valence-electron chi connectivity index (χ3n) is 3.22. The summed E-state index contributed by atoms with van der Waals surface area (Å²) in [4.78, 5) is 11.9. The fourth-order valence-corrected chi connectivity index (χ4v) is 2.12. The molecule has 3 rings (SSSR count). The van der Waals surface area contributed by atoms with Crippen LogP contribution in [0.3, 0.4) is 0 Å². The highest BCUT2D eigenvalue weighted by Crippen LogP contribution is 2.33. The van der Waals surface area contributed by atoms with Gasteiger partial charge in [0.25, 0.3) is 0 Å². The molecule has 0 bridgehead atoms. The molecule has 110 valence electrons. The van der Waals surface area contributed by atoms with E-state index in [2.05, 4.69) is 0 Å². The first-order valence-electron chi connectivity index (χ1n) is 6.50. The molecule has 1 aliphatic rings. The largest absolute Gasteiger partial charge is 0.508 e. The van der Waals surface area contributed by atoms with E-state index in [0.29, 0.717) is 11.1 Å². The molecule has 0 aromatic heterocycles. The standard InChI is InChI=1S/C17H12O5/c18-12-5-1-10(2-6-12)9-14-16(20)15(17(21)22-14)11-3-7-13(19)8-4-11/h1-9,18-20H/b14-9-. The van der Waals surface area contributed by atoms with Crippen molar-refractivity contribution in [2.75, 3.05) is 0 Å². The predicted octanol–water partition coefficient (Wildman–Crippen LogP) is 2.96. The second-order valence-corrected chi connectivity index (χ2v) is 4.76. The molecule has 5 nitrogen and oxygen atoms in total. The maximum Gasteiger partial charge on any atom is 0.348 e. The average Bonchev–Trinajstić information content (AvgIpc) is 2.77. The van der Waals surface area contributed by atoms with Gasteiger partial charge < -0.3 is 20.1 Å². The lowest BCUT2D eigenvalue weighted by Gasteiger charge is -1.99. The Kier molecular flexibility index (Phi) is 3.31. The molecule has 0 spiro atoms. The molecule has 0 fully saturated rings. The van der Waals surface area contributed by atoms with Gasteiger partial charge in [-0.05, 0) is 41.5 Å². The first kappa shape index (κ1) is 13.8. The fraction of sp³-hybridized carbons (Fsp3) is 0. The summed E-state index contributed by atoms with van der Waals surface area (Å²) in [5.41, 5.74) is 1.17. The van der Waals surface area contributed by atoms with E-state index in [0.717, 1.165) is 0 Å². The number of hydrogen-bond acceptors (Lipinski definition) is 5. The summed E-state index contributed by atoms with van der Waals surface area (Å²) < 4.78 is 5.08. The van der Waals surface area contributed by atoms with Crippen LogP contribution in [0, 0.1) is 0 Å². The van der Waals surface area contributed by atoms with Gasteiger partial charge >= 0.3 is 5.97 Å². The molecule has 22 heavy (non-hydrogen) atoms. The molecule has 2 aromatic carbocycles. The predicted molar refractivity (Wildman–Crippen MR) is 79.8 cm³/mol. The van der Waals surface area contributed by atoms with Crippen molar-refractivity contribution in [1.82, 2.24) is 0 Å². The molecule has 1 heterocycles. The van der Waals surface area contributed by atoms with Crippen LogP contribution in [-0.4, -0.2) is 21.3 Å². The number of ether oxygens (including phenoxy) is 1. The van der Waals surface area contributed by atoms with E-state index in [1.165, 1.54) is 42.5 Å². The highest BCUT2D eigenvalue weighted by atomic mass is 16.6. The van der Waals surface area contributed by atoms with Gasteiger partial charge in [0.2, 0.25) is 0 Å². The van der Waals surface area contributed by atoms with Gasteiger partial charge in [0.1, 0.15) is 17.1 Å². The Hall–Kier alpha value is -3.21. The van der Waals surface area contributed by atoms with Gasteiger partial charge in [-0.25, -0.2) is 4.79 Å². The molecule has 0 saturated heterocycles. The van der Waals surface area contributed by atoms with Gasteiger partial charge in [-0.15, -0.1) is 0 Å². The molecule has 0 amide bonds. The average molecular weight is 296 g/mol. The Morgan fingerprint density at radius 1 is 0.818 bits per heavy atom. The minimum atomic E-state index is -0.659. The maximum atomic E-state index is 11.9. The monoisotopic (exact) mass is 296 g/mol. The van der Waals surface area contributed by atoms with E-state index in [1.807, 2.05) is 0 Å². The van der Waals surface area contributed by atoms with Crippen molar-refractivity contribution >= 4 is 17.6 Å². The molecule has 3 N–H and O–H groups in total. The first-order valence-corrected chi connectivity index (χ1v) is 6.50. The molecule has 2 aromatic rings. The number of phenols is 2. The summed E-state index contributed by atoms with van der Waals surface area (Å²) in [6.45, 7) is 0. The zero-order valence-electron chi connectivity index (χ0n) is 11.4. The highest BCUT2D eigenvalue weighted by Gasteiger charge is 2.31. The number of carbonyl (C=O) groups is 1. The fourth-order valence-electron chi connectivity index (χ4n) is 2.12. The van der Waals surface area contributed by atoms with Crippen molar-refractivity contribution in [3.63, 3.8) is 0 Å². The normalized spacial score (nSPS) is 16.2. The number of hydrogen-bond donors (Lipinski definition) is 3. The number of carbonyl (C=O) groups excluding carboxylic acids is 1. The number of aliphatic hydroxyl groups is 1. The van der Waals surface area contributed by atoms with Crippen LogP contribution in [0.15, 0.2) is 60.0 Å². The van der Waals surface area contributed by atoms with Crippen LogP contribution in [0.2, 0.25) is 0 Å². The number of aromatic hydroxyl groups is 2. The Labute approximate surface area is 126 Å². The molecule has 1 aliphatic heterocycles. The lowest BCUT2D eigenvalue weighted by Crippen LogP contribution is -1.98. The molecular weight excluding hydrogens is 284 g/mol. The number of aliphatic hydroxyl groups excluding tert-OH is 1. The van der Waals surface area contributed by atoms with Crippen molar-refractivity contribution in [2.24, 2.45) is 0 Å². The topological polar surface area (TPSA) is 87.0 Å². The van der Waals surface area contributed by atoms with Gasteiger partial charge in [-0.3, -0.25) is 0 Å². The summed E-state index contributed by atoms with van der Waals surface area (Å²) in [5, 5.41) is 28.7. The minimum Gasteiger partial charge on any atom is -0.508 e. The zero-order chi connectivity index (χ0) is 15.7. The number of phenolic OH excluding ortho intramolecular Hbond substituents is 2. The van der Waals surface area contributed by atoms with Crippen molar-refractivity contribution < 1.29 is 24.9 Å². The van der Waals surface area contributed by atoms with Crippen LogP contribution >= 0.6 is 0 Å². The molecule has 0 atom stereocenters. The molecule has 0 unspecified atom stereocenters. The number of cyclic esters (lactones) is 1. The smallest absolute Gasteiger partial charge is 0.348 e. The SMILES string of the molecule is O=C1O/C(=C\c2ccc(O)cc2)C(O)=C1c1ccc(O)cc1. The number of rotatable bonds is 2. The number of esters is 1. The van der Waals surface area contributed by atoms with E-state index in [9.17, 15) is 20.1 Å². The van der Waals surface area contributed by atoms with Gasteiger partial charge in [-0.2, -0.15) is 0 Å². The van der Waals surface area contributed by atoms with E-state index < -0.39 is 5.97 Å². The lowest BCUT2D eigenvalue weighted by atomic mass is 10.0. The molecular formula is C17H12O5. The Bertz CT molecular complexity index is 783. The van der Waals surface area contributed by atoms with Crippen molar-refractivity contribution in [3.05, 3.63) is 71.2 Å². The summed E-state index contributed by atoms with van der Waals surface area (Å²) in [7, 11) is 0. The van der Waals surface area contributed by atoms with Gasteiger partial charge in [0.05, 0.1) is 0 Å². The molecule has 0 aliphatic carbocycles. The van der Waals surface area contributed by atoms with Crippen LogP contribution in [0.4, 0.5) is 0 Å². The Balaban J connectivity index is 2.00. The van der Waals surface area contributed by atoms with Gasteiger partial charge in [0.15, 0.2) is 11.5 Å². The summed E-state index contributed by atoms with van der Waals surface area (Å²) in [6.07, 6.45) is 1.50. The third-order valence-corrected chi connectivity index (χ3v) is 3.22. The lowest BCUT2D eigenvalue weighted by molar-refractivity contribution is -0.131. The van der Waals surface area contributed by atoms with Crippen molar-refractivity contribution in [2.45, 2.75) is 0 Å². The summed E-state index contributed by atoms with van der Waals surface area (Å²) in [6, 6.07) is 12.1. The Morgan fingerprint density at radius 3 is 1.95 bits per heavy atom. The highest BCUT2D eigenvalue weighted by molar-refractivity contribution is 6.20. The van der Waals surface area contributed by atoms with Crippen LogP contribution in [-0.2, 0) is 9.53 Å². The minimum absolute atomic E-state index is 0.0405. The third kappa shape index (κ3) is 2.52. The van der Waals surface area contributed by atoms with Gasteiger partial charge in [0, 0.05) is 0 Å². The van der Waals surface area contributed by atoms with Crippen LogP contribution in [0.5, 0.6) is 11.5 Å². The molecule has 5 heteroatoms. The second kappa shape index (κ2) is 5.29. The molecule has 0 saturated carbocycles.